The highest BCUT2D eigenvalue weighted by Crippen LogP contribution is 2.28. The lowest BCUT2D eigenvalue weighted by atomic mass is 9.95. The van der Waals surface area contributed by atoms with Crippen LogP contribution < -0.4 is 0 Å². The normalized spacial score (nSPS) is 20.4. The van der Waals surface area contributed by atoms with Crippen molar-refractivity contribution in [2.45, 2.75) is 38.6 Å². The summed E-state index contributed by atoms with van der Waals surface area (Å²) in [5.74, 6) is -0.293. The van der Waals surface area contributed by atoms with Crippen molar-refractivity contribution >= 4 is 5.91 Å². The van der Waals surface area contributed by atoms with Crippen LogP contribution in [0.4, 0.5) is 4.39 Å². The molecule has 1 fully saturated rings. The molecule has 1 aromatic heterocycles. The topological polar surface area (TPSA) is 47.4 Å². The SMILES string of the molecule is CC1COCCN1C(=O)c1nn(-c2ccc(F)cc2)c2c1CCCC2. The van der Waals surface area contributed by atoms with Crippen LogP contribution in [0, 0.1) is 5.82 Å². The molecule has 1 aliphatic carbocycles. The summed E-state index contributed by atoms with van der Waals surface area (Å²) in [6, 6.07) is 6.33. The van der Waals surface area contributed by atoms with Crippen molar-refractivity contribution in [1.29, 1.82) is 0 Å². The van der Waals surface area contributed by atoms with Gasteiger partial charge in [0, 0.05) is 17.8 Å². The number of halogens is 1. The van der Waals surface area contributed by atoms with E-state index in [0.717, 1.165) is 42.6 Å². The fourth-order valence-corrected chi connectivity index (χ4v) is 3.73. The Bertz CT molecular complexity index is 785. The van der Waals surface area contributed by atoms with Crippen molar-refractivity contribution in [3.8, 4) is 5.69 Å². The summed E-state index contributed by atoms with van der Waals surface area (Å²) in [7, 11) is 0. The van der Waals surface area contributed by atoms with Gasteiger partial charge in [0.1, 0.15) is 5.82 Å². The maximum atomic E-state index is 13.3. The Labute approximate surface area is 146 Å². The van der Waals surface area contributed by atoms with E-state index in [9.17, 15) is 9.18 Å². The number of carbonyl (C=O) groups excluding carboxylic acids is 1. The largest absolute Gasteiger partial charge is 0.377 e. The number of rotatable bonds is 2. The number of morpholine rings is 1. The minimum atomic E-state index is -0.275. The first-order valence-corrected chi connectivity index (χ1v) is 8.90. The van der Waals surface area contributed by atoms with Gasteiger partial charge < -0.3 is 9.64 Å². The van der Waals surface area contributed by atoms with Crippen molar-refractivity contribution in [2.24, 2.45) is 0 Å². The van der Waals surface area contributed by atoms with E-state index in [1.165, 1.54) is 12.1 Å². The minimum Gasteiger partial charge on any atom is -0.377 e. The van der Waals surface area contributed by atoms with Crippen LogP contribution in [-0.2, 0) is 17.6 Å². The monoisotopic (exact) mass is 343 g/mol. The molecule has 2 aliphatic rings. The second kappa shape index (κ2) is 6.59. The second-order valence-corrected chi connectivity index (χ2v) is 6.79. The third kappa shape index (κ3) is 2.95. The summed E-state index contributed by atoms with van der Waals surface area (Å²) in [4.78, 5) is 15.0. The first-order chi connectivity index (χ1) is 12.1. The molecule has 0 spiro atoms. The lowest BCUT2D eigenvalue weighted by Crippen LogP contribution is -2.47. The Morgan fingerprint density at radius 3 is 2.76 bits per heavy atom. The Kier molecular flexibility index (Phi) is 4.29. The summed E-state index contributed by atoms with van der Waals surface area (Å²) in [6.45, 7) is 3.72. The zero-order valence-electron chi connectivity index (χ0n) is 14.4. The van der Waals surface area contributed by atoms with E-state index < -0.39 is 0 Å². The Hall–Kier alpha value is -2.21. The molecule has 0 radical (unpaired) electrons. The molecular formula is C19H22FN3O2. The Morgan fingerprint density at radius 2 is 2.00 bits per heavy atom. The Balaban J connectivity index is 1.75. The number of carbonyl (C=O) groups is 1. The Morgan fingerprint density at radius 1 is 1.24 bits per heavy atom. The lowest BCUT2D eigenvalue weighted by molar-refractivity contribution is 0.00318. The fourth-order valence-electron chi connectivity index (χ4n) is 3.73. The van der Waals surface area contributed by atoms with Gasteiger partial charge in [0.15, 0.2) is 5.69 Å². The molecule has 1 aromatic carbocycles. The molecule has 25 heavy (non-hydrogen) atoms. The highest BCUT2D eigenvalue weighted by Gasteiger charge is 2.31. The van der Waals surface area contributed by atoms with E-state index in [1.54, 1.807) is 12.1 Å². The molecule has 132 valence electrons. The summed E-state index contributed by atoms with van der Waals surface area (Å²) in [5, 5.41) is 4.66. The molecular weight excluding hydrogens is 321 g/mol. The van der Waals surface area contributed by atoms with Crippen LogP contribution in [0.15, 0.2) is 24.3 Å². The predicted molar refractivity (Wildman–Crippen MR) is 91.5 cm³/mol. The van der Waals surface area contributed by atoms with Gasteiger partial charge in [-0.05, 0) is 56.9 Å². The van der Waals surface area contributed by atoms with Gasteiger partial charge in [0.05, 0.1) is 24.9 Å². The first-order valence-electron chi connectivity index (χ1n) is 8.90. The van der Waals surface area contributed by atoms with Gasteiger partial charge in [-0.1, -0.05) is 0 Å². The standard InChI is InChI=1S/C19H22FN3O2/c1-13-12-25-11-10-22(13)19(24)18-16-4-2-3-5-17(16)23(21-18)15-8-6-14(20)7-9-15/h6-9,13H,2-5,10-12H2,1H3. The van der Waals surface area contributed by atoms with Gasteiger partial charge in [0.2, 0.25) is 0 Å². The molecule has 6 heteroatoms. The first kappa shape index (κ1) is 16.3. The summed E-state index contributed by atoms with van der Waals surface area (Å²) in [6.07, 6.45) is 3.92. The molecule has 5 nitrogen and oxygen atoms in total. The summed E-state index contributed by atoms with van der Waals surface area (Å²) in [5.41, 5.74) is 3.49. The maximum Gasteiger partial charge on any atom is 0.275 e. The zero-order valence-corrected chi connectivity index (χ0v) is 14.4. The van der Waals surface area contributed by atoms with Crippen LogP contribution in [0.3, 0.4) is 0 Å². The smallest absolute Gasteiger partial charge is 0.275 e. The molecule has 1 atom stereocenters. The highest BCUT2D eigenvalue weighted by molar-refractivity contribution is 5.94. The van der Waals surface area contributed by atoms with Gasteiger partial charge in [0.25, 0.3) is 5.91 Å². The molecule has 0 saturated carbocycles. The number of hydrogen-bond acceptors (Lipinski definition) is 3. The number of aromatic nitrogens is 2. The molecule has 1 saturated heterocycles. The fraction of sp³-hybridized carbons (Fsp3) is 0.474. The number of nitrogens with zero attached hydrogens (tertiary/aromatic N) is 3. The highest BCUT2D eigenvalue weighted by atomic mass is 19.1. The second-order valence-electron chi connectivity index (χ2n) is 6.79. The van der Waals surface area contributed by atoms with E-state index in [1.807, 2.05) is 16.5 Å². The number of fused-ring (bicyclic) bond motifs is 1. The molecule has 2 aromatic rings. The number of benzene rings is 1. The van der Waals surface area contributed by atoms with Crippen LogP contribution >= 0.6 is 0 Å². The molecule has 1 unspecified atom stereocenters. The molecule has 1 aliphatic heterocycles. The van der Waals surface area contributed by atoms with E-state index >= 15 is 0 Å². The zero-order chi connectivity index (χ0) is 17.4. The predicted octanol–water partition coefficient (Wildman–Crippen LogP) is 2.75. The van der Waals surface area contributed by atoms with E-state index in [-0.39, 0.29) is 17.8 Å². The molecule has 0 bridgehead atoms. The van der Waals surface area contributed by atoms with Crippen LogP contribution in [-0.4, -0.2) is 46.4 Å². The van der Waals surface area contributed by atoms with Crippen molar-refractivity contribution in [1.82, 2.24) is 14.7 Å². The van der Waals surface area contributed by atoms with Crippen molar-refractivity contribution in [3.63, 3.8) is 0 Å². The average molecular weight is 343 g/mol. The quantitative estimate of drug-likeness (QED) is 0.842. The minimum absolute atomic E-state index is 0.0187. The van der Waals surface area contributed by atoms with Gasteiger partial charge in [-0.25, -0.2) is 9.07 Å². The van der Waals surface area contributed by atoms with Crippen LogP contribution in [0.5, 0.6) is 0 Å². The van der Waals surface area contributed by atoms with Crippen LogP contribution in [0.2, 0.25) is 0 Å². The maximum absolute atomic E-state index is 13.3. The molecule has 2 heterocycles. The summed E-state index contributed by atoms with van der Waals surface area (Å²) < 4.78 is 20.5. The number of ether oxygens (including phenoxy) is 1. The molecule has 4 rings (SSSR count). The van der Waals surface area contributed by atoms with Gasteiger partial charge in [-0.2, -0.15) is 5.10 Å². The van der Waals surface area contributed by atoms with Crippen molar-refractivity contribution < 1.29 is 13.9 Å². The lowest BCUT2D eigenvalue weighted by Gasteiger charge is -2.33. The van der Waals surface area contributed by atoms with Gasteiger partial charge >= 0.3 is 0 Å². The number of hydrogen-bond donors (Lipinski definition) is 0. The number of amides is 1. The van der Waals surface area contributed by atoms with E-state index in [2.05, 4.69) is 5.10 Å². The average Bonchev–Trinajstić information content (AvgIpc) is 3.02. The van der Waals surface area contributed by atoms with Crippen LogP contribution in [0.1, 0.15) is 41.5 Å². The third-order valence-electron chi connectivity index (χ3n) is 5.08. The molecule has 0 N–H and O–H groups in total. The van der Waals surface area contributed by atoms with E-state index in [0.29, 0.717) is 25.5 Å². The van der Waals surface area contributed by atoms with Crippen molar-refractivity contribution in [2.75, 3.05) is 19.8 Å². The van der Waals surface area contributed by atoms with Gasteiger partial charge in [-0.15, -0.1) is 0 Å². The van der Waals surface area contributed by atoms with Crippen LogP contribution in [0.25, 0.3) is 5.69 Å². The third-order valence-corrected chi connectivity index (χ3v) is 5.08. The van der Waals surface area contributed by atoms with Gasteiger partial charge in [-0.3, -0.25) is 4.79 Å². The van der Waals surface area contributed by atoms with Crippen molar-refractivity contribution in [3.05, 3.63) is 47.0 Å². The van der Waals surface area contributed by atoms with E-state index in [4.69, 9.17) is 4.74 Å². The molecule has 1 amide bonds. The summed E-state index contributed by atoms with van der Waals surface area (Å²) >= 11 is 0.